The van der Waals surface area contributed by atoms with E-state index in [1.165, 1.54) is 128 Å². The van der Waals surface area contributed by atoms with Crippen LogP contribution in [-0.4, -0.2) is 69.4 Å². The van der Waals surface area contributed by atoms with E-state index < -0.39 is 26.6 Å². The van der Waals surface area contributed by atoms with Crippen LogP contribution in [0.3, 0.4) is 0 Å². The molecule has 494 valence electrons. The number of unbranched alkanes of at least 4 members (excludes halogenated alkanes) is 29. The van der Waals surface area contributed by atoms with Crippen molar-refractivity contribution in [1.29, 1.82) is 0 Å². The van der Waals surface area contributed by atoms with Crippen LogP contribution < -0.4 is 10.2 Å². The van der Waals surface area contributed by atoms with E-state index in [2.05, 4.69) is 135 Å². The Morgan fingerprint density at radius 2 is 0.744 bits per heavy atom. The number of esters is 1. The van der Waals surface area contributed by atoms with Crippen LogP contribution in [0.1, 0.15) is 297 Å². The smallest absolute Gasteiger partial charge is 0.306 e. The molecular weight excluding hydrogens is 1080 g/mol. The summed E-state index contributed by atoms with van der Waals surface area (Å²) in [6.07, 6.45) is 90.3. The number of quaternary nitrogens is 1. The van der Waals surface area contributed by atoms with E-state index in [0.29, 0.717) is 17.4 Å². The average Bonchev–Trinajstić information content (AvgIpc) is 3.66. The number of allylic oxidation sites excluding steroid dienone is 19. The lowest BCUT2D eigenvalue weighted by atomic mass is 10.0. The third-order valence-electron chi connectivity index (χ3n) is 15.1. The van der Waals surface area contributed by atoms with Crippen molar-refractivity contribution in [3.63, 3.8) is 0 Å². The predicted octanol–water partition coefficient (Wildman–Crippen LogP) is 22.0. The Hall–Kier alpha value is -3.59. The SMILES string of the molecule is CC/C=C\C/C=C\C/C=C\C/C=C\C/C=C\CCCCCCCCCC(=O)NC(COP(=O)([O-])OCC[N+](C)(C)C)C(/C=C/CCCCCCCCCCCC)OC(=O)CCCCCCCCCCC/C=C\C/C=C\C/C=C\C/C=C\CCCCC. The molecule has 1 amide bonds. The molecule has 1 N–H and O–H groups in total. The van der Waals surface area contributed by atoms with Crippen molar-refractivity contribution in [1.82, 2.24) is 5.32 Å². The first kappa shape index (κ1) is 82.4. The highest BCUT2D eigenvalue weighted by Crippen LogP contribution is 2.38. The van der Waals surface area contributed by atoms with E-state index in [1.807, 2.05) is 33.3 Å². The second-order valence-corrected chi connectivity index (χ2v) is 26.1. The molecule has 0 fully saturated rings. The average molecular weight is 1220 g/mol. The fourth-order valence-electron chi connectivity index (χ4n) is 9.71. The number of rotatable bonds is 63. The first-order valence-electron chi connectivity index (χ1n) is 35.3. The number of phosphoric acid groups is 1. The van der Waals surface area contributed by atoms with Crippen molar-refractivity contribution in [3.05, 3.63) is 122 Å². The lowest BCUT2D eigenvalue weighted by molar-refractivity contribution is -0.870. The molecule has 10 heteroatoms. The third-order valence-corrected chi connectivity index (χ3v) is 16.1. The number of carbonyl (C=O) groups excluding carboxylic acids is 2. The quantitative estimate of drug-likeness (QED) is 0.0212. The predicted molar refractivity (Wildman–Crippen MR) is 371 cm³/mol. The zero-order valence-electron chi connectivity index (χ0n) is 56.5. The molecule has 0 aliphatic carbocycles. The second-order valence-electron chi connectivity index (χ2n) is 24.6. The molecule has 0 aliphatic rings. The molecular formula is C76H133N2O7P. The monoisotopic (exact) mass is 1220 g/mol. The van der Waals surface area contributed by atoms with Crippen molar-refractivity contribution >= 4 is 19.7 Å². The van der Waals surface area contributed by atoms with E-state index in [-0.39, 0.29) is 24.9 Å². The van der Waals surface area contributed by atoms with Gasteiger partial charge in [-0.2, -0.15) is 0 Å². The molecule has 0 aromatic carbocycles. The van der Waals surface area contributed by atoms with Crippen LogP contribution in [-0.2, 0) is 27.9 Å². The molecule has 0 aromatic rings. The van der Waals surface area contributed by atoms with Gasteiger partial charge in [-0.05, 0) is 122 Å². The molecule has 0 radical (unpaired) electrons. The van der Waals surface area contributed by atoms with Crippen LogP contribution in [0.4, 0.5) is 0 Å². The molecule has 0 bridgehead atoms. The molecule has 0 spiro atoms. The minimum Gasteiger partial charge on any atom is -0.756 e. The minimum absolute atomic E-state index is 0.0316. The van der Waals surface area contributed by atoms with Gasteiger partial charge in [-0.3, -0.25) is 14.2 Å². The standard InChI is InChI=1S/C76H133N2O7P/c1-7-10-13-16-19-22-25-28-30-32-34-36-38-39-41-43-45-47-49-51-54-57-60-63-66-69-76(80)85-74(67-64-61-58-55-52-27-24-21-18-15-12-9-3)73(72-84-86(81,82)83-71-70-78(4,5)6)77-75(79)68-65-62-59-56-53-50-48-46-44-42-40-37-35-33-31-29-26-23-20-17-14-11-8-2/h11,14,19-20,22-23,28-31,34-37,39,41-42,44,64,67,73-74H,7-10,12-13,15-18,21,24-27,32-33,38,40,43,45-63,65-66,68-72H2,1-6H3,(H-,77,79,81,82)/b14-11-,22-19-,23-20-,30-28-,31-29-,36-34-,37-35-,41-39-,44-42-,67-64+. The molecule has 9 nitrogen and oxygen atoms in total. The van der Waals surface area contributed by atoms with Crippen molar-refractivity contribution < 1.29 is 37.3 Å². The summed E-state index contributed by atoms with van der Waals surface area (Å²) in [6.45, 7) is 6.69. The Kier molecular flexibility index (Phi) is 61.7. The van der Waals surface area contributed by atoms with Crippen LogP contribution in [0.5, 0.6) is 0 Å². The van der Waals surface area contributed by atoms with Gasteiger partial charge in [0, 0.05) is 12.8 Å². The first-order chi connectivity index (χ1) is 41.9. The van der Waals surface area contributed by atoms with Crippen LogP contribution in [0.2, 0.25) is 0 Å². The number of ether oxygens (including phenoxy) is 1. The molecule has 0 aromatic heterocycles. The van der Waals surface area contributed by atoms with Crippen LogP contribution in [0.25, 0.3) is 0 Å². The highest BCUT2D eigenvalue weighted by Gasteiger charge is 2.27. The van der Waals surface area contributed by atoms with E-state index >= 15 is 0 Å². The maximum absolute atomic E-state index is 13.6. The highest BCUT2D eigenvalue weighted by molar-refractivity contribution is 7.45. The number of amides is 1. The summed E-state index contributed by atoms with van der Waals surface area (Å²) in [5.41, 5.74) is 0. The zero-order valence-corrected chi connectivity index (χ0v) is 57.4. The number of nitrogens with one attached hydrogen (secondary N) is 1. The summed E-state index contributed by atoms with van der Waals surface area (Å²) < 4.78 is 30.4. The van der Waals surface area contributed by atoms with Crippen LogP contribution in [0, 0.1) is 0 Å². The summed E-state index contributed by atoms with van der Waals surface area (Å²) in [4.78, 5) is 40.2. The lowest BCUT2D eigenvalue weighted by Gasteiger charge is -2.30. The molecule has 3 unspecified atom stereocenters. The molecule has 0 aliphatic heterocycles. The van der Waals surface area contributed by atoms with Gasteiger partial charge in [0.2, 0.25) is 5.91 Å². The van der Waals surface area contributed by atoms with Crippen molar-refractivity contribution in [2.45, 2.75) is 309 Å². The van der Waals surface area contributed by atoms with Gasteiger partial charge in [-0.1, -0.05) is 284 Å². The van der Waals surface area contributed by atoms with E-state index in [0.717, 1.165) is 135 Å². The van der Waals surface area contributed by atoms with Crippen molar-refractivity contribution in [2.24, 2.45) is 0 Å². The summed E-state index contributed by atoms with van der Waals surface area (Å²) in [5, 5.41) is 3.03. The van der Waals surface area contributed by atoms with Gasteiger partial charge < -0.3 is 28.5 Å². The fourth-order valence-corrected chi connectivity index (χ4v) is 10.4. The van der Waals surface area contributed by atoms with Crippen LogP contribution in [0.15, 0.2) is 122 Å². The first-order valence-corrected chi connectivity index (χ1v) is 36.8. The lowest BCUT2D eigenvalue weighted by Crippen LogP contribution is -2.47. The Labute approximate surface area is 531 Å². The Balaban J connectivity index is 5.14. The maximum Gasteiger partial charge on any atom is 0.306 e. The number of hydrogen-bond acceptors (Lipinski definition) is 7. The number of carbonyl (C=O) groups is 2. The van der Waals surface area contributed by atoms with Gasteiger partial charge in [0.1, 0.15) is 19.3 Å². The highest BCUT2D eigenvalue weighted by atomic mass is 31.2. The van der Waals surface area contributed by atoms with Gasteiger partial charge in [-0.15, -0.1) is 0 Å². The topological polar surface area (TPSA) is 114 Å². The number of likely N-dealkylation sites (N-methyl/N-ethyl adjacent to an activating group) is 1. The van der Waals surface area contributed by atoms with E-state index in [4.69, 9.17) is 13.8 Å². The van der Waals surface area contributed by atoms with Crippen LogP contribution >= 0.6 is 7.82 Å². The summed E-state index contributed by atoms with van der Waals surface area (Å²) in [5.74, 6) is -0.563. The molecule has 0 saturated carbocycles. The van der Waals surface area contributed by atoms with Gasteiger partial charge in [0.05, 0.1) is 33.8 Å². The normalized spacial score (nSPS) is 14.3. The molecule has 0 rings (SSSR count). The molecule has 86 heavy (non-hydrogen) atoms. The summed E-state index contributed by atoms with van der Waals surface area (Å²) >= 11 is 0. The van der Waals surface area contributed by atoms with Crippen molar-refractivity contribution in [3.8, 4) is 0 Å². The third kappa shape index (κ3) is 64.9. The minimum atomic E-state index is -4.72. The second kappa shape index (κ2) is 64.4. The maximum atomic E-state index is 13.6. The number of nitrogens with zero attached hydrogens (tertiary/aromatic N) is 1. The zero-order chi connectivity index (χ0) is 62.8. The number of phosphoric ester groups is 1. The molecule has 0 heterocycles. The summed E-state index contributed by atoms with van der Waals surface area (Å²) in [6, 6.07) is -0.906. The Bertz CT molecular complexity index is 1890. The van der Waals surface area contributed by atoms with Gasteiger partial charge in [0.15, 0.2) is 0 Å². The fraction of sp³-hybridized carbons (Fsp3) is 0.711. The molecule has 3 atom stereocenters. The van der Waals surface area contributed by atoms with E-state index in [1.54, 1.807) is 0 Å². The largest absolute Gasteiger partial charge is 0.756 e. The Morgan fingerprint density at radius 1 is 0.419 bits per heavy atom. The molecule has 0 saturated heterocycles. The Morgan fingerprint density at radius 3 is 1.14 bits per heavy atom. The number of hydrogen-bond donors (Lipinski definition) is 1. The van der Waals surface area contributed by atoms with Gasteiger partial charge in [-0.25, -0.2) is 0 Å². The van der Waals surface area contributed by atoms with Gasteiger partial charge >= 0.3 is 5.97 Å². The summed E-state index contributed by atoms with van der Waals surface area (Å²) in [7, 11) is 1.16. The van der Waals surface area contributed by atoms with Crippen molar-refractivity contribution in [2.75, 3.05) is 40.9 Å². The van der Waals surface area contributed by atoms with Gasteiger partial charge in [0.25, 0.3) is 7.82 Å². The van der Waals surface area contributed by atoms with E-state index in [9.17, 15) is 19.0 Å².